The first-order chi connectivity index (χ1) is 9.24. The SMILES string of the molecule is CCCCCCc1noc(N)c1-c1ccccc1F. The van der Waals surface area contributed by atoms with Crippen molar-refractivity contribution in [3.8, 4) is 11.1 Å². The van der Waals surface area contributed by atoms with E-state index in [9.17, 15) is 4.39 Å². The summed E-state index contributed by atoms with van der Waals surface area (Å²) in [6.45, 7) is 2.17. The van der Waals surface area contributed by atoms with Crippen molar-refractivity contribution >= 4 is 5.88 Å². The smallest absolute Gasteiger partial charge is 0.230 e. The Bertz CT molecular complexity index is 537. The number of aryl methyl sites for hydroxylation is 1. The van der Waals surface area contributed by atoms with Gasteiger partial charge in [0.25, 0.3) is 0 Å². The van der Waals surface area contributed by atoms with Gasteiger partial charge in [-0.15, -0.1) is 0 Å². The minimum Gasteiger partial charge on any atom is -0.367 e. The molecule has 0 aliphatic rings. The van der Waals surface area contributed by atoms with Crippen molar-refractivity contribution in [2.24, 2.45) is 0 Å². The van der Waals surface area contributed by atoms with Crippen LogP contribution in [0.5, 0.6) is 0 Å². The fraction of sp³-hybridized carbons (Fsp3) is 0.400. The molecule has 1 aromatic heterocycles. The predicted molar refractivity (Wildman–Crippen MR) is 74.2 cm³/mol. The van der Waals surface area contributed by atoms with Crippen LogP contribution in [0.15, 0.2) is 28.8 Å². The fourth-order valence-corrected chi connectivity index (χ4v) is 2.18. The van der Waals surface area contributed by atoms with E-state index in [2.05, 4.69) is 12.1 Å². The van der Waals surface area contributed by atoms with E-state index in [1.54, 1.807) is 18.2 Å². The number of rotatable bonds is 6. The number of anilines is 1. The lowest BCUT2D eigenvalue weighted by Crippen LogP contribution is -1.94. The van der Waals surface area contributed by atoms with Crippen LogP contribution in [0, 0.1) is 5.82 Å². The highest BCUT2D eigenvalue weighted by Gasteiger charge is 2.18. The normalized spacial score (nSPS) is 10.8. The summed E-state index contributed by atoms with van der Waals surface area (Å²) in [6.07, 6.45) is 5.30. The van der Waals surface area contributed by atoms with E-state index in [0.29, 0.717) is 11.1 Å². The molecule has 2 aromatic rings. The van der Waals surface area contributed by atoms with Crippen LogP contribution in [-0.2, 0) is 6.42 Å². The minimum absolute atomic E-state index is 0.190. The Morgan fingerprint density at radius 3 is 2.74 bits per heavy atom. The van der Waals surface area contributed by atoms with Crippen LogP contribution < -0.4 is 5.73 Å². The monoisotopic (exact) mass is 262 g/mol. The number of nitrogens with zero attached hydrogens (tertiary/aromatic N) is 1. The molecule has 3 nitrogen and oxygen atoms in total. The van der Waals surface area contributed by atoms with Crippen molar-refractivity contribution in [1.29, 1.82) is 0 Å². The molecule has 0 atom stereocenters. The molecule has 0 radical (unpaired) electrons. The zero-order valence-electron chi connectivity index (χ0n) is 11.2. The van der Waals surface area contributed by atoms with Crippen molar-refractivity contribution in [3.63, 3.8) is 0 Å². The van der Waals surface area contributed by atoms with E-state index in [4.69, 9.17) is 10.3 Å². The lowest BCUT2D eigenvalue weighted by atomic mass is 10.0. The average Bonchev–Trinajstić information content (AvgIpc) is 2.77. The van der Waals surface area contributed by atoms with Gasteiger partial charge in [-0.1, -0.05) is 49.5 Å². The summed E-state index contributed by atoms with van der Waals surface area (Å²) >= 11 is 0. The molecule has 2 N–H and O–H groups in total. The van der Waals surface area contributed by atoms with Crippen LogP contribution in [0.25, 0.3) is 11.1 Å². The van der Waals surface area contributed by atoms with E-state index in [1.165, 1.54) is 18.9 Å². The number of hydrogen-bond acceptors (Lipinski definition) is 3. The maximum atomic E-state index is 13.8. The Kier molecular flexibility index (Phi) is 4.55. The van der Waals surface area contributed by atoms with Gasteiger partial charge in [-0.25, -0.2) is 4.39 Å². The van der Waals surface area contributed by atoms with Crippen LogP contribution in [0.4, 0.5) is 10.3 Å². The van der Waals surface area contributed by atoms with Crippen LogP contribution in [0.3, 0.4) is 0 Å². The second-order valence-electron chi connectivity index (χ2n) is 4.66. The highest BCUT2D eigenvalue weighted by atomic mass is 19.1. The zero-order valence-corrected chi connectivity index (χ0v) is 11.2. The Labute approximate surface area is 112 Å². The van der Waals surface area contributed by atoms with Gasteiger partial charge in [-0.3, -0.25) is 0 Å². The highest BCUT2D eigenvalue weighted by Crippen LogP contribution is 2.32. The van der Waals surface area contributed by atoms with E-state index in [-0.39, 0.29) is 11.7 Å². The Balaban J connectivity index is 2.21. The van der Waals surface area contributed by atoms with Crippen LogP contribution >= 0.6 is 0 Å². The van der Waals surface area contributed by atoms with Gasteiger partial charge in [-0.2, -0.15) is 0 Å². The minimum atomic E-state index is -0.299. The standard InChI is InChI=1S/C15H19FN2O/c1-2-3-4-5-10-13-14(15(17)19-18-13)11-8-6-7-9-12(11)16/h6-9H,2-5,10,17H2,1H3. The molecule has 1 aromatic carbocycles. The van der Waals surface area contributed by atoms with Gasteiger partial charge >= 0.3 is 0 Å². The Morgan fingerprint density at radius 2 is 2.00 bits per heavy atom. The van der Waals surface area contributed by atoms with Gasteiger partial charge in [-0.05, 0) is 18.9 Å². The summed E-state index contributed by atoms with van der Waals surface area (Å²) in [7, 11) is 0. The first-order valence-corrected chi connectivity index (χ1v) is 6.73. The molecule has 1 heterocycles. The summed E-state index contributed by atoms with van der Waals surface area (Å²) in [5, 5.41) is 3.96. The van der Waals surface area contributed by atoms with Gasteiger partial charge in [0.1, 0.15) is 5.82 Å². The van der Waals surface area contributed by atoms with Gasteiger partial charge < -0.3 is 10.3 Å². The summed E-state index contributed by atoms with van der Waals surface area (Å²) in [4.78, 5) is 0. The third-order valence-electron chi connectivity index (χ3n) is 3.20. The van der Waals surface area contributed by atoms with Crippen LogP contribution in [-0.4, -0.2) is 5.16 Å². The summed E-state index contributed by atoms with van der Waals surface area (Å²) in [5.41, 5.74) is 7.60. The third-order valence-corrected chi connectivity index (χ3v) is 3.20. The molecule has 0 spiro atoms. The first kappa shape index (κ1) is 13.6. The first-order valence-electron chi connectivity index (χ1n) is 6.73. The zero-order chi connectivity index (χ0) is 13.7. The number of nitrogen functional groups attached to an aromatic ring is 1. The van der Waals surface area contributed by atoms with Gasteiger partial charge in [0.2, 0.25) is 5.88 Å². The number of aromatic nitrogens is 1. The molecule has 0 amide bonds. The Morgan fingerprint density at radius 1 is 1.21 bits per heavy atom. The maximum Gasteiger partial charge on any atom is 0.230 e. The molecule has 0 saturated heterocycles. The molecule has 0 aliphatic heterocycles. The predicted octanol–water partition coefficient (Wildman–Crippen LogP) is 4.19. The molecule has 19 heavy (non-hydrogen) atoms. The van der Waals surface area contributed by atoms with Gasteiger partial charge in [0.15, 0.2) is 0 Å². The molecule has 0 unspecified atom stereocenters. The molecule has 4 heteroatoms. The second-order valence-corrected chi connectivity index (χ2v) is 4.66. The summed E-state index contributed by atoms with van der Waals surface area (Å²) < 4.78 is 18.9. The molecule has 0 fully saturated rings. The van der Waals surface area contributed by atoms with E-state index in [0.717, 1.165) is 25.0 Å². The number of nitrogens with two attached hydrogens (primary N) is 1. The van der Waals surface area contributed by atoms with E-state index < -0.39 is 0 Å². The average molecular weight is 262 g/mol. The number of benzene rings is 1. The fourth-order valence-electron chi connectivity index (χ4n) is 2.18. The number of unbranched alkanes of at least 4 members (excludes halogenated alkanes) is 3. The second kappa shape index (κ2) is 6.36. The molecule has 0 aliphatic carbocycles. The van der Waals surface area contributed by atoms with Crippen molar-refractivity contribution < 1.29 is 8.91 Å². The van der Waals surface area contributed by atoms with E-state index >= 15 is 0 Å². The number of hydrogen-bond donors (Lipinski definition) is 1. The molecule has 0 saturated carbocycles. The molecule has 2 rings (SSSR count). The summed E-state index contributed by atoms with van der Waals surface area (Å²) in [6, 6.07) is 6.56. The van der Waals surface area contributed by atoms with Gasteiger partial charge in [0, 0.05) is 5.56 Å². The van der Waals surface area contributed by atoms with E-state index in [1.807, 2.05) is 0 Å². The Hall–Kier alpha value is -1.84. The van der Waals surface area contributed by atoms with Crippen molar-refractivity contribution in [3.05, 3.63) is 35.8 Å². The molecule has 0 bridgehead atoms. The van der Waals surface area contributed by atoms with Gasteiger partial charge in [0.05, 0.1) is 11.3 Å². The highest BCUT2D eigenvalue weighted by molar-refractivity contribution is 5.75. The largest absolute Gasteiger partial charge is 0.367 e. The molecular weight excluding hydrogens is 243 g/mol. The van der Waals surface area contributed by atoms with Crippen molar-refractivity contribution in [2.45, 2.75) is 39.0 Å². The molecule has 102 valence electrons. The van der Waals surface area contributed by atoms with Crippen molar-refractivity contribution in [2.75, 3.05) is 5.73 Å². The lowest BCUT2D eigenvalue weighted by Gasteiger charge is -2.04. The summed E-state index contributed by atoms with van der Waals surface area (Å²) in [5.74, 6) is -0.109. The maximum absolute atomic E-state index is 13.8. The van der Waals surface area contributed by atoms with Crippen LogP contribution in [0.2, 0.25) is 0 Å². The topological polar surface area (TPSA) is 52.0 Å². The third kappa shape index (κ3) is 3.13. The number of halogens is 1. The lowest BCUT2D eigenvalue weighted by molar-refractivity contribution is 0.426. The quantitative estimate of drug-likeness (QED) is 0.794. The molecular formula is C15H19FN2O. The van der Waals surface area contributed by atoms with Crippen LogP contribution in [0.1, 0.15) is 38.3 Å². The van der Waals surface area contributed by atoms with Crippen molar-refractivity contribution in [1.82, 2.24) is 5.16 Å².